The molecule has 2 N–H and O–H groups in total. The summed E-state index contributed by atoms with van der Waals surface area (Å²) < 4.78 is 17.2. The van der Waals surface area contributed by atoms with Gasteiger partial charge in [-0.1, -0.05) is 0 Å². The molecule has 8 heteroatoms. The van der Waals surface area contributed by atoms with Gasteiger partial charge in [-0.3, -0.25) is 4.99 Å². The molecule has 2 heterocycles. The van der Waals surface area contributed by atoms with E-state index < -0.39 is 0 Å². The maximum Gasteiger partial charge on any atom is 0.190 e. The van der Waals surface area contributed by atoms with E-state index in [9.17, 15) is 0 Å². The topological polar surface area (TPSA) is 68.0 Å². The lowest BCUT2D eigenvalue weighted by Gasteiger charge is -2.12. The summed E-state index contributed by atoms with van der Waals surface area (Å²) in [6.07, 6.45) is 3.06. The highest BCUT2D eigenvalue weighted by atomic mass is 127. The van der Waals surface area contributed by atoms with Crippen LogP contribution >= 0.6 is 39.9 Å². The van der Waals surface area contributed by atoms with E-state index in [-0.39, 0.29) is 30.1 Å². The van der Waals surface area contributed by atoms with Gasteiger partial charge in [0, 0.05) is 39.8 Å². The Morgan fingerprint density at radius 3 is 2.87 bits per heavy atom. The fourth-order valence-corrected chi connectivity index (χ4v) is 2.52. The second-order valence-corrected chi connectivity index (χ2v) is 5.87. The average molecular weight is 502 g/mol. The number of aliphatic imine (C=N–C) groups is 1. The lowest BCUT2D eigenvalue weighted by Crippen LogP contribution is -2.39. The summed E-state index contributed by atoms with van der Waals surface area (Å²) in [5.41, 5.74) is 0. The van der Waals surface area contributed by atoms with E-state index in [1.807, 2.05) is 12.1 Å². The molecule has 2 rings (SSSR count). The monoisotopic (exact) mass is 501 g/mol. The zero-order valence-corrected chi connectivity index (χ0v) is 17.3. The Morgan fingerprint density at radius 2 is 2.22 bits per heavy atom. The summed E-state index contributed by atoms with van der Waals surface area (Å²) in [7, 11) is 1.77. The van der Waals surface area contributed by atoms with E-state index >= 15 is 0 Å². The number of nitrogens with zero attached hydrogens (tertiary/aromatic N) is 1. The summed E-state index contributed by atoms with van der Waals surface area (Å²) in [4.78, 5) is 4.19. The third-order valence-electron chi connectivity index (χ3n) is 3.37. The molecule has 1 aromatic heterocycles. The number of hydrogen-bond donors (Lipinski definition) is 2. The zero-order valence-electron chi connectivity index (χ0n) is 13.3. The Bertz CT molecular complexity index is 465. The lowest BCUT2D eigenvalue weighted by molar-refractivity contribution is 0.0420. The zero-order chi connectivity index (χ0) is 15.6. The molecule has 23 heavy (non-hydrogen) atoms. The van der Waals surface area contributed by atoms with Gasteiger partial charge in [-0.15, -0.1) is 24.0 Å². The van der Waals surface area contributed by atoms with E-state index in [0.717, 1.165) is 68.6 Å². The van der Waals surface area contributed by atoms with E-state index in [1.165, 1.54) is 0 Å². The van der Waals surface area contributed by atoms with E-state index in [1.54, 1.807) is 7.05 Å². The van der Waals surface area contributed by atoms with Crippen LogP contribution in [-0.4, -0.2) is 52.0 Å². The highest BCUT2D eigenvalue weighted by Gasteiger charge is 2.15. The average Bonchev–Trinajstić information content (AvgIpc) is 3.17. The fraction of sp³-hybridized carbons (Fsp3) is 0.667. The van der Waals surface area contributed by atoms with Crippen molar-refractivity contribution in [3.8, 4) is 0 Å². The number of ether oxygens (including phenoxy) is 2. The Kier molecular flexibility index (Phi) is 10.9. The SMILES string of the molecule is CN=C(NCCCOC1CCOC1)NCCc1ccc(Br)o1.I. The van der Waals surface area contributed by atoms with Crippen LogP contribution in [0.3, 0.4) is 0 Å². The summed E-state index contributed by atoms with van der Waals surface area (Å²) in [5, 5.41) is 6.54. The molecule has 1 aromatic rings. The first-order chi connectivity index (χ1) is 10.8. The molecule has 6 nitrogen and oxygen atoms in total. The summed E-state index contributed by atoms with van der Waals surface area (Å²) >= 11 is 3.30. The smallest absolute Gasteiger partial charge is 0.190 e. The fourth-order valence-electron chi connectivity index (χ4n) is 2.18. The molecule has 1 aliphatic heterocycles. The minimum Gasteiger partial charge on any atom is -0.454 e. The minimum absolute atomic E-state index is 0. The van der Waals surface area contributed by atoms with E-state index in [4.69, 9.17) is 13.9 Å². The first-order valence-electron chi connectivity index (χ1n) is 7.66. The van der Waals surface area contributed by atoms with Gasteiger partial charge in [0.05, 0.1) is 12.7 Å². The normalized spacial score (nSPS) is 17.8. The highest BCUT2D eigenvalue weighted by molar-refractivity contribution is 14.0. The Labute approximate surface area is 162 Å². The highest BCUT2D eigenvalue weighted by Crippen LogP contribution is 2.13. The molecule has 0 amide bonds. The van der Waals surface area contributed by atoms with Crippen LogP contribution in [0.25, 0.3) is 0 Å². The van der Waals surface area contributed by atoms with Crippen molar-refractivity contribution < 1.29 is 13.9 Å². The molecule has 0 saturated carbocycles. The van der Waals surface area contributed by atoms with Crippen LogP contribution in [0.1, 0.15) is 18.6 Å². The largest absolute Gasteiger partial charge is 0.454 e. The second-order valence-electron chi connectivity index (χ2n) is 5.09. The molecule has 1 fully saturated rings. The minimum atomic E-state index is 0. The van der Waals surface area contributed by atoms with Crippen molar-refractivity contribution in [3.05, 3.63) is 22.6 Å². The lowest BCUT2D eigenvalue weighted by atomic mass is 10.3. The van der Waals surface area contributed by atoms with Crippen LogP contribution in [0.2, 0.25) is 0 Å². The molecule has 1 unspecified atom stereocenters. The second kappa shape index (κ2) is 12.1. The van der Waals surface area contributed by atoms with Gasteiger partial charge in [-0.05, 0) is 40.9 Å². The maximum absolute atomic E-state index is 5.72. The van der Waals surface area contributed by atoms with E-state index in [0.29, 0.717) is 0 Å². The van der Waals surface area contributed by atoms with Crippen LogP contribution in [0, 0.1) is 0 Å². The molecule has 0 aromatic carbocycles. The summed E-state index contributed by atoms with van der Waals surface area (Å²) in [6, 6.07) is 3.86. The molecule has 0 spiro atoms. The predicted octanol–water partition coefficient (Wildman–Crippen LogP) is 2.56. The number of nitrogens with one attached hydrogen (secondary N) is 2. The Hall–Kier alpha value is -0.320. The molecule has 1 saturated heterocycles. The third kappa shape index (κ3) is 8.37. The van der Waals surface area contributed by atoms with Gasteiger partial charge in [0.1, 0.15) is 5.76 Å². The molecule has 1 atom stereocenters. The Balaban J connectivity index is 0.00000264. The van der Waals surface area contributed by atoms with Gasteiger partial charge in [-0.25, -0.2) is 0 Å². The van der Waals surface area contributed by atoms with Gasteiger partial charge in [0.2, 0.25) is 0 Å². The molecule has 1 aliphatic rings. The third-order valence-corrected chi connectivity index (χ3v) is 3.80. The van der Waals surface area contributed by atoms with Gasteiger partial charge in [0.25, 0.3) is 0 Å². The first-order valence-corrected chi connectivity index (χ1v) is 8.45. The number of furan rings is 1. The predicted molar refractivity (Wildman–Crippen MR) is 105 cm³/mol. The van der Waals surface area contributed by atoms with Crippen LogP contribution in [0.5, 0.6) is 0 Å². The van der Waals surface area contributed by atoms with Crippen molar-refractivity contribution in [3.63, 3.8) is 0 Å². The first kappa shape index (κ1) is 20.7. The number of rotatable bonds is 8. The van der Waals surface area contributed by atoms with E-state index in [2.05, 4.69) is 31.6 Å². The van der Waals surface area contributed by atoms with Crippen LogP contribution in [0.4, 0.5) is 0 Å². The van der Waals surface area contributed by atoms with Crippen molar-refractivity contribution in [2.75, 3.05) is 40.0 Å². The molecular weight excluding hydrogens is 477 g/mol. The van der Waals surface area contributed by atoms with Gasteiger partial charge in [0.15, 0.2) is 10.6 Å². The van der Waals surface area contributed by atoms with Crippen molar-refractivity contribution in [2.24, 2.45) is 4.99 Å². The molecule has 0 bridgehead atoms. The quantitative estimate of drug-likeness (QED) is 0.248. The van der Waals surface area contributed by atoms with Crippen molar-refractivity contribution in [1.29, 1.82) is 0 Å². The van der Waals surface area contributed by atoms with Crippen LogP contribution < -0.4 is 10.6 Å². The number of halogens is 2. The standard InChI is InChI=1S/C15H24BrN3O3.HI/c1-17-15(19-8-5-12-3-4-14(16)22-12)18-7-2-9-21-13-6-10-20-11-13;/h3-4,13H,2,5-11H2,1H3,(H2,17,18,19);1H. The Morgan fingerprint density at radius 1 is 1.39 bits per heavy atom. The van der Waals surface area contributed by atoms with Crippen molar-refractivity contribution in [2.45, 2.75) is 25.4 Å². The van der Waals surface area contributed by atoms with Crippen LogP contribution in [-0.2, 0) is 15.9 Å². The van der Waals surface area contributed by atoms with Crippen LogP contribution in [0.15, 0.2) is 26.2 Å². The summed E-state index contributed by atoms with van der Waals surface area (Å²) in [6.45, 7) is 3.92. The number of guanidine groups is 1. The van der Waals surface area contributed by atoms with Gasteiger partial charge in [-0.2, -0.15) is 0 Å². The molecule has 132 valence electrons. The van der Waals surface area contributed by atoms with Gasteiger partial charge >= 0.3 is 0 Å². The van der Waals surface area contributed by atoms with Crippen molar-refractivity contribution >= 4 is 45.9 Å². The molecular formula is C15H25BrIN3O3. The summed E-state index contributed by atoms with van der Waals surface area (Å²) in [5.74, 6) is 1.75. The molecule has 0 radical (unpaired) electrons. The number of hydrogen-bond acceptors (Lipinski definition) is 4. The van der Waals surface area contributed by atoms with Crippen molar-refractivity contribution in [1.82, 2.24) is 10.6 Å². The molecule has 0 aliphatic carbocycles. The van der Waals surface area contributed by atoms with Gasteiger partial charge < -0.3 is 24.5 Å². The maximum atomic E-state index is 5.72.